The Hall–Kier alpha value is -2.86. The van der Waals surface area contributed by atoms with E-state index in [-0.39, 0.29) is 11.8 Å². The van der Waals surface area contributed by atoms with Crippen LogP contribution in [0.25, 0.3) is 0 Å². The lowest BCUT2D eigenvalue weighted by atomic mass is 9.89. The summed E-state index contributed by atoms with van der Waals surface area (Å²) in [6, 6.07) is 23.2. The van der Waals surface area contributed by atoms with Crippen molar-refractivity contribution in [2.75, 3.05) is 31.5 Å². The maximum absolute atomic E-state index is 13.3. The van der Waals surface area contributed by atoms with Gasteiger partial charge in [-0.1, -0.05) is 66.5 Å². The van der Waals surface area contributed by atoms with Gasteiger partial charge in [0.2, 0.25) is 11.8 Å². The molecule has 0 aromatic heterocycles. The van der Waals surface area contributed by atoms with Crippen molar-refractivity contribution < 1.29 is 9.59 Å². The Kier molecular flexibility index (Phi) is 10.8. The molecule has 1 heterocycles. The van der Waals surface area contributed by atoms with Crippen LogP contribution >= 0.6 is 23.2 Å². The minimum absolute atomic E-state index is 0.0238. The highest BCUT2D eigenvalue weighted by atomic mass is 35.5. The fourth-order valence-corrected chi connectivity index (χ4v) is 5.48. The summed E-state index contributed by atoms with van der Waals surface area (Å²) in [5.41, 5.74) is 3.98. The van der Waals surface area contributed by atoms with Crippen LogP contribution in [0.5, 0.6) is 0 Å². The summed E-state index contributed by atoms with van der Waals surface area (Å²) in [5.74, 6) is 0.134. The lowest BCUT2D eigenvalue weighted by Crippen LogP contribution is -2.36. The van der Waals surface area contributed by atoms with E-state index in [2.05, 4.69) is 27.7 Å². The minimum Gasteiger partial charge on any atom is -0.355 e. The second kappa shape index (κ2) is 14.5. The fourth-order valence-electron chi connectivity index (χ4n) is 5.23. The molecular formula is C32H37Cl2N3O2. The van der Waals surface area contributed by atoms with Gasteiger partial charge >= 0.3 is 0 Å². The van der Waals surface area contributed by atoms with Crippen LogP contribution in [-0.2, 0) is 9.59 Å². The number of amides is 2. The van der Waals surface area contributed by atoms with E-state index in [9.17, 15) is 9.59 Å². The Morgan fingerprint density at radius 1 is 0.923 bits per heavy atom. The average Bonchev–Trinajstić information content (AvgIpc) is 2.94. The van der Waals surface area contributed by atoms with E-state index >= 15 is 0 Å². The highest BCUT2D eigenvalue weighted by Crippen LogP contribution is 2.30. The number of likely N-dealkylation sites (tertiary alicyclic amines) is 1. The standard InChI is InChI=1S/C32H37Cl2N3O2/c1-2-5-30(38)36-29-7-3-6-26(22-29)23-16-20-37(21-17-23)19-4-18-35-32(39)31(24-8-12-27(33)13-9-24)25-10-14-28(34)15-11-25/h3,6-15,22-23,31H,2,4-5,16-21H2,1H3,(H,35,39)(H,36,38). The third-order valence-electron chi connectivity index (χ3n) is 7.33. The van der Waals surface area contributed by atoms with Crippen molar-refractivity contribution in [1.29, 1.82) is 0 Å². The second-order valence-corrected chi connectivity index (χ2v) is 11.1. The van der Waals surface area contributed by atoms with Crippen molar-refractivity contribution in [2.45, 2.75) is 50.9 Å². The van der Waals surface area contributed by atoms with Gasteiger partial charge in [0.25, 0.3) is 0 Å². The predicted molar refractivity (Wildman–Crippen MR) is 161 cm³/mol. The monoisotopic (exact) mass is 565 g/mol. The number of carbonyl (C=O) groups is 2. The first-order chi connectivity index (χ1) is 18.9. The number of nitrogens with one attached hydrogen (secondary N) is 2. The van der Waals surface area contributed by atoms with Crippen molar-refractivity contribution in [3.05, 3.63) is 99.5 Å². The van der Waals surface area contributed by atoms with Crippen LogP contribution in [0.3, 0.4) is 0 Å². The first-order valence-corrected chi connectivity index (χ1v) is 14.6. The number of rotatable bonds is 11. The van der Waals surface area contributed by atoms with Crippen molar-refractivity contribution in [3.8, 4) is 0 Å². The molecule has 0 saturated carbocycles. The molecule has 1 aliphatic rings. The quantitative estimate of drug-likeness (QED) is 0.241. The molecule has 0 radical (unpaired) electrons. The maximum atomic E-state index is 13.3. The predicted octanol–water partition coefficient (Wildman–Crippen LogP) is 7.25. The molecule has 2 N–H and O–H groups in total. The maximum Gasteiger partial charge on any atom is 0.232 e. The minimum atomic E-state index is -0.419. The first kappa shape index (κ1) is 29.1. The molecule has 0 aliphatic carbocycles. The normalized spacial score (nSPS) is 14.4. The Labute approximate surface area is 241 Å². The van der Waals surface area contributed by atoms with Crippen LogP contribution in [0.1, 0.15) is 67.6 Å². The summed E-state index contributed by atoms with van der Waals surface area (Å²) in [6.45, 7) is 5.65. The SMILES string of the molecule is CCCC(=O)Nc1cccc(C2CCN(CCCNC(=O)C(c3ccc(Cl)cc3)c3ccc(Cl)cc3)CC2)c1. The number of halogens is 2. The zero-order chi connectivity index (χ0) is 27.6. The summed E-state index contributed by atoms with van der Waals surface area (Å²) in [6.07, 6.45) is 4.47. The molecule has 0 bridgehead atoms. The number of anilines is 1. The van der Waals surface area contributed by atoms with Gasteiger partial charge in [0, 0.05) is 28.7 Å². The molecule has 1 saturated heterocycles. The first-order valence-electron chi connectivity index (χ1n) is 13.8. The van der Waals surface area contributed by atoms with Gasteiger partial charge in [-0.2, -0.15) is 0 Å². The smallest absolute Gasteiger partial charge is 0.232 e. The van der Waals surface area contributed by atoms with Crippen molar-refractivity contribution in [2.24, 2.45) is 0 Å². The van der Waals surface area contributed by atoms with Crippen LogP contribution < -0.4 is 10.6 Å². The summed E-state index contributed by atoms with van der Waals surface area (Å²) < 4.78 is 0. The molecule has 3 aromatic rings. The molecule has 0 spiro atoms. The van der Waals surface area contributed by atoms with Gasteiger partial charge in [0.1, 0.15) is 0 Å². The lowest BCUT2D eigenvalue weighted by molar-refractivity contribution is -0.121. The number of hydrogen-bond donors (Lipinski definition) is 2. The summed E-state index contributed by atoms with van der Waals surface area (Å²) >= 11 is 12.2. The average molecular weight is 567 g/mol. The molecule has 39 heavy (non-hydrogen) atoms. The van der Waals surface area contributed by atoms with Crippen molar-refractivity contribution >= 4 is 40.7 Å². The van der Waals surface area contributed by atoms with Crippen LogP contribution in [0.2, 0.25) is 10.0 Å². The van der Waals surface area contributed by atoms with E-state index in [1.165, 1.54) is 5.56 Å². The van der Waals surface area contributed by atoms with Gasteiger partial charge in [-0.05, 0) is 104 Å². The number of carbonyl (C=O) groups excluding carboxylic acids is 2. The van der Waals surface area contributed by atoms with E-state index in [0.717, 1.165) is 62.1 Å². The molecule has 5 nitrogen and oxygen atoms in total. The van der Waals surface area contributed by atoms with Crippen LogP contribution in [0.15, 0.2) is 72.8 Å². The van der Waals surface area contributed by atoms with Crippen molar-refractivity contribution in [3.63, 3.8) is 0 Å². The van der Waals surface area contributed by atoms with E-state index in [4.69, 9.17) is 23.2 Å². The number of nitrogens with zero attached hydrogens (tertiary/aromatic N) is 1. The Bertz CT molecular complexity index is 1180. The van der Waals surface area contributed by atoms with Crippen LogP contribution in [-0.4, -0.2) is 42.9 Å². The Morgan fingerprint density at radius 2 is 1.54 bits per heavy atom. The molecular weight excluding hydrogens is 529 g/mol. The van der Waals surface area contributed by atoms with Gasteiger partial charge in [-0.3, -0.25) is 9.59 Å². The van der Waals surface area contributed by atoms with Crippen LogP contribution in [0.4, 0.5) is 5.69 Å². The third kappa shape index (κ3) is 8.56. The fraction of sp³-hybridized carbons (Fsp3) is 0.375. The molecule has 1 aliphatic heterocycles. The zero-order valence-corrected chi connectivity index (χ0v) is 24.0. The molecule has 0 atom stereocenters. The van der Waals surface area contributed by atoms with Crippen LogP contribution in [0, 0.1) is 0 Å². The number of benzene rings is 3. The van der Waals surface area contributed by atoms with E-state index in [0.29, 0.717) is 28.9 Å². The molecule has 0 unspecified atom stereocenters. The second-order valence-electron chi connectivity index (χ2n) is 10.2. The Morgan fingerprint density at radius 3 is 2.13 bits per heavy atom. The third-order valence-corrected chi connectivity index (χ3v) is 7.83. The number of piperidine rings is 1. The molecule has 2 amide bonds. The molecule has 7 heteroatoms. The molecule has 3 aromatic carbocycles. The van der Waals surface area contributed by atoms with Gasteiger partial charge in [0.05, 0.1) is 5.92 Å². The Balaban J connectivity index is 1.25. The number of hydrogen-bond acceptors (Lipinski definition) is 3. The largest absolute Gasteiger partial charge is 0.355 e. The van der Waals surface area contributed by atoms with Gasteiger partial charge in [-0.15, -0.1) is 0 Å². The van der Waals surface area contributed by atoms with E-state index < -0.39 is 5.92 Å². The topological polar surface area (TPSA) is 61.4 Å². The molecule has 1 fully saturated rings. The van der Waals surface area contributed by atoms with Crippen molar-refractivity contribution in [1.82, 2.24) is 10.2 Å². The summed E-state index contributed by atoms with van der Waals surface area (Å²) in [5, 5.41) is 7.45. The van der Waals surface area contributed by atoms with Gasteiger partial charge in [0.15, 0.2) is 0 Å². The van der Waals surface area contributed by atoms with E-state index in [1.54, 1.807) is 0 Å². The van der Waals surface area contributed by atoms with Gasteiger partial charge < -0.3 is 15.5 Å². The highest BCUT2D eigenvalue weighted by Gasteiger charge is 2.24. The van der Waals surface area contributed by atoms with E-state index in [1.807, 2.05) is 67.6 Å². The van der Waals surface area contributed by atoms with Gasteiger partial charge in [-0.25, -0.2) is 0 Å². The lowest BCUT2D eigenvalue weighted by Gasteiger charge is -2.32. The summed E-state index contributed by atoms with van der Waals surface area (Å²) in [4.78, 5) is 27.7. The zero-order valence-electron chi connectivity index (χ0n) is 22.5. The molecule has 4 rings (SSSR count). The summed E-state index contributed by atoms with van der Waals surface area (Å²) in [7, 11) is 0. The molecule has 206 valence electrons. The highest BCUT2D eigenvalue weighted by molar-refractivity contribution is 6.30.